The van der Waals surface area contributed by atoms with Gasteiger partial charge in [-0.3, -0.25) is 9.36 Å². The second kappa shape index (κ2) is 4.68. The van der Waals surface area contributed by atoms with E-state index in [4.69, 9.17) is 0 Å². The monoisotopic (exact) mass is 331 g/mol. The van der Waals surface area contributed by atoms with E-state index in [1.54, 1.807) is 30.5 Å². The second-order valence-corrected chi connectivity index (χ2v) is 5.26. The van der Waals surface area contributed by atoms with Gasteiger partial charge in [0.25, 0.3) is 5.56 Å². The molecule has 1 heterocycles. The van der Waals surface area contributed by atoms with Crippen LogP contribution in [0.2, 0.25) is 0 Å². The molecule has 2 N–H and O–H groups in total. The average Bonchev–Trinajstić information content (AvgIpc) is 2.42. The van der Waals surface area contributed by atoms with E-state index in [9.17, 15) is 15.0 Å². The number of hydrogen-bond acceptors (Lipinski definition) is 3. The lowest BCUT2D eigenvalue weighted by Crippen LogP contribution is -2.17. The third kappa shape index (κ3) is 2.06. The number of hydrogen-bond donors (Lipinski definition) is 2. The number of phenols is 2. The third-order valence-corrected chi connectivity index (χ3v) is 3.69. The van der Waals surface area contributed by atoms with E-state index in [-0.39, 0.29) is 17.1 Å². The summed E-state index contributed by atoms with van der Waals surface area (Å²) in [5.74, 6) is 0.198. The van der Waals surface area contributed by atoms with Crippen molar-refractivity contribution in [1.29, 1.82) is 0 Å². The molecular formula is C15H10BrNO3. The lowest BCUT2D eigenvalue weighted by Gasteiger charge is -2.10. The van der Waals surface area contributed by atoms with Crippen molar-refractivity contribution < 1.29 is 10.2 Å². The van der Waals surface area contributed by atoms with Crippen molar-refractivity contribution in [3.05, 3.63) is 63.5 Å². The summed E-state index contributed by atoms with van der Waals surface area (Å²) in [6, 6.07) is 11.1. The molecule has 0 spiro atoms. The molecule has 0 unspecified atom stereocenters. The van der Waals surface area contributed by atoms with E-state index in [0.29, 0.717) is 20.9 Å². The maximum absolute atomic E-state index is 12.5. The van der Waals surface area contributed by atoms with Gasteiger partial charge < -0.3 is 10.2 Å². The van der Waals surface area contributed by atoms with Crippen molar-refractivity contribution in [3.63, 3.8) is 0 Å². The van der Waals surface area contributed by atoms with Crippen LogP contribution >= 0.6 is 15.9 Å². The zero-order chi connectivity index (χ0) is 14.3. The van der Waals surface area contributed by atoms with Gasteiger partial charge >= 0.3 is 0 Å². The molecule has 0 radical (unpaired) electrons. The van der Waals surface area contributed by atoms with E-state index in [1.807, 2.05) is 0 Å². The molecule has 0 aliphatic rings. The second-order valence-electron chi connectivity index (χ2n) is 4.40. The fraction of sp³-hybridized carbons (Fsp3) is 0. The molecule has 0 aliphatic carbocycles. The summed E-state index contributed by atoms with van der Waals surface area (Å²) in [4.78, 5) is 12.5. The summed E-state index contributed by atoms with van der Waals surface area (Å²) in [7, 11) is 0. The van der Waals surface area contributed by atoms with Crippen LogP contribution in [0.1, 0.15) is 0 Å². The number of phenolic OH excluding ortho intramolecular Hbond substituents is 2. The molecular weight excluding hydrogens is 322 g/mol. The largest absolute Gasteiger partial charge is 0.508 e. The van der Waals surface area contributed by atoms with Gasteiger partial charge in [-0.2, -0.15) is 0 Å². The smallest absolute Gasteiger partial charge is 0.263 e. The first-order valence-electron chi connectivity index (χ1n) is 5.89. The van der Waals surface area contributed by atoms with Gasteiger partial charge in [0, 0.05) is 27.5 Å². The summed E-state index contributed by atoms with van der Waals surface area (Å²) in [6.45, 7) is 0. The summed E-state index contributed by atoms with van der Waals surface area (Å²) < 4.78 is 2.13. The number of rotatable bonds is 1. The zero-order valence-corrected chi connectivity index (χ0v) is 11.8. The summed E-state index contributed by atoms with van der Waals surface area (Å²) >= 11 is 3.40. The van der Waals surface area contributed by atoms with E-state index in [0.717, 1.165) is 0 Å². The zero-order valence-electron chi connectivity index (χ0n) is 10.2. The standard InChI is InChI=1S/C15H10BrNO3/c16-14-8-17(9-2-1-3-10(18)6-9)15(20)12-5-4-11(19)7-13(12)14/h1-8,18-19H. The molecule has 4 nitrogen and oxygen atoms in total. The number of nitrogens with zero attached hydrogens (tertiary/aromatic N) is 1. The van der Waals surface area contributed by atoms with Crippen molar-refractivity contribution in [1.82, 2.24) is 4.57 Å². The van der Waals surface area contributed by atoms with Crippen LogP contribution in [0.4, 0.5) is 0 Å². The van der Waals surface area contributed by atoms with Crippen LogP contribution < -0.4 is 5.56 Å². The Balaban J connectivity index is 2.36. The number of pyridine rings is 1. The molecule has 0 aliphatic heterocycles. The summed E-state index contributed by atoms with van der Waals surface area (Å²) in [5, 5.41) is 20.2. The lowest BCUT2D eigenvalue weighted by molar-refractivity contribution is 0.475. The van der Waals surface area contributed by atoms with Gasteiger partial charge in [-0.25, -0.2) is 0 Å². The first-order valence-corrected chi connectivity index (χ1v) is 6.69. The Kier molecular flexibility index (Phi) is 2.99. The Hall–Kier alpha value is -2.27. The predicted octanol–water partition coefficient (Wildman–Crippen LogP) is 3.16. The molecule has 20 heavy (non-hydrogen) atoms. The van der Waals surface area contributed by atoms with Crippen LogP contribution in [0.25, 0.3) is 16.5 Å². The van der Waals surface area contributed by atoms with E-state index >= 15 is 0 Å². The molecule has 0 bridgehead atoms. The first-order chi connectivity index (χ1) is 9.56. The van der Waals surface area contributed by atoms with Gasteiger partial charge in [0.15, 0.2) is 0 Å². The minimum atomic E-state index is -0.214. The van der Waals surface area contributed by atoms with Crippen molar-refractivity contribution in [2.24, 2.45) is 0 Å². The van der Waals surface area contributed by atoms with Crippen LogP contribution in [-0.4, -0.2) is 14.8 Å². The van der Waals surface area contributed by atoms with Crippen LogP contribution in [-0.2, 0) is 0 Å². The normalized spacial score (nSPS) is 10.8. The van der Waals surface area contributed by atoms with E-state index < -0.39 is 0 Å². The van der Waals surface area contributed by atoms with E-state index in [1.165, 1.54) is 22.8 Å². The molecule has 100 valence electrons. The van der Waals surface area contributed by atoms with Crippen LogP contribution in [0.3, 0.4) is 0 Å². The number of fused-ring (bicyclic) bond motifs is 1. The third-order valence-electron chi connectivity index (χ3n) is 3.06. The fourth-order valence-electron chi connectivity index (χ4n) is 2.12. The van der Waals surface area contributed by atoms with Gasteiger partial charge in [-0.05, 0) is 46.3 Å². The predicted molar refractivity (Wildman–Crippen MR) is 80.6 cm³/mol. The summed E-state index contributed by atoms with van der Waals surface area (Å²) in [6.07, 6.45) is 1.62. The number of halogens is 1. The van der Waals surface area contributed by atoms with E-state index in [2.05, 4.69) is 15.9 Å². The highest BCUT2D eigenvalue weighted by atomic mass is 79.9. The lowest BCUT2D eigenvalue weighted by atomic mass is 10.1. The average molecular weight is 332 g/mol. The quantitative estimate of drug-likeness (QED) is 0.720. The van der Waals surface area contributed by atoms with Gasteiger partial charge in [-0.15, -0.1) is 0 Å². The van der Waals surface area contributed by atoms with Crippen LogP contribution in [0.15, 0.2) is 57.9 Å². The number of aromatic hydroxyl groups is 2. The molecule has 2 aromatic carbocycles. The fourth-order valence-corrected chi connectivity index (χ4v) is 2.66. The Morgan fingerprint density at radius 3 is 2.45 bits per heavy atom. The number of benzene rings is 2. The molecule has 0 amide bonds. The highest BCUT2D eigenvalue weighted by molar-refractivity contribution is 9.10. The minimum absolute atomic E-state index is 0.0938. The maximum Gasteiger partial charge on any atom is 0.263 e. The molecule has 5 heteroatoms. The van der Waals surface area contributed by atoms with Gasteiger partial charge in [-0.1, -0.05) is 6.07 Å². The topological polar surface area (TPSA) is 62.5 Å². The first kappa shape index (κ1) is 12.7. The molecule has 3 rings (SSSR count). The van der Waals surface area contributed by atoms with Gasteiger partial charge in [0.05, 0.1) is 5.69 Å². The molecule has 0 atom stereocenters. The number of aromatic nitrogens is 1. The maximum atomic E-state index is 12.5. The van der Waals surface area contributed by atoms with Crippen molar-refractivity contribution in [3.8, 4) is 17.2 Å². The Labute approximate surface area is 122 Å². The van der Waals surface area contributed by atoms with Crippen molar-refractivity contribution in [2.45, 2.75) is 0 Å². The Morgan fingerprint density at radius 1 is 0.950 bits per heavy atom. The highest BCUT2D eigenvalue weighted by Crippen LogP contribution is 2.26. The molecule has 0 saturated carbocycles. The van der Waals surface area contributed by atoms with Gasteiger partial charge in [0.1, 0.15) is 11.5 Å². The molecule has 1 aromatic heterocycles. The highest BCUT2D eigenvalue weighted by Gasteiger charge is 2.09. The van der Waals surface area contributed by atoms with Crippen molar-refractivity contribution >= 4 is 26.7 Å². The van der Waals surface area contributed by atoms with Crippen molar-refractivity contribution in [2.75, 3.05) is 0 Å². The Morgan fingerprint density at radius 2 is 1.70 bits per heavy atom. The molecule has 3 aromatic rings. The SMILES string of the molecule is O=c1c2ccc(O)cc2c(Br)cn1-c1cccc(O)c1. The minimum Gasteiger partial charge on any atom is -0.508 e. The Bertz CT molecular complexity index is 871. The van der Waals surface area contributed by atoms with Crippen LogP contribution in [0.5, 0.6) is 11.5 Å². The van der Waals surface area contributed by atoms with Crippen LogP contribution in [0, 0.1) is 0 Å². The van der Waals surface area contributed by atoms with Gasteiger partial charge in [0.2, 0.25) is 0 Å². The summed E-state index contributed by atoms with van der Waals surface area (Å²) in [5.41, 5.74) is 0.361. The molecule has 0 fully saturated rings. The molecule has 0 saturated heterocycles.